The monoisotopic (exact) mass is 773 g/mol. The van der Waals surface area contributed by atoms with E-state index in [9.17, 15) is 0 Å². The lowest BCUT2D eigenvalue weighted by molar-refractivity contribution is 0.533. The van der Waals surface area contributed by atoms with Crippen molar-refractivity contribution in [1.82, 2.24) is 0 Å². The summed E-state index contributed by atoms with van der Waals surface area (Å²) in [4.78, 5) is 10.9. The molecule has 0 heterocycles. The quantitative estimate of drug-likeness (QED) is 0.0392. The Bertz CT molecular complexity index is 1240. The van der Waals surface area contributed by atoms with Crippen LogP contribution in [0.2, 0.25) is 36.3 Å². The topological polar surface area (TPSA) is 24.7 Å². The average Bonchev–Trinajstić information content (AvgIpc) is 3.21. The molecule has 0 spiro atoms. The molecular formula is C50H88N2Si2. The molecular weight excluding hydrogens is 685 g/mol. The molecule has 2 rings (SSSR count). The number of hydrogen-bond acceptors (Lipinski definition) is 2. The zero-order valence-corrected chi connectivity index (χ0v) is 39.3. The first-order chi connectivity index (χ1) is 26.4. The smallest absolute Gasteiger partial charge is 0.0633 e. The van der Waals surface area contributed by atoms with Crippen LogP contribution in [0.5, 0.6) is 0 Å². The van der Waals surface area contributed by atoms with Gasteiger partial charge in [-0.1, -0.05) is 230 Å². The highest BCUT2D eigenvalue weighted by Crippen LogP contribution is 2.28. The second-order valence-corrected chi connectivity index (χ2v) is 28.0. The molecule has 2 nitrogen and oxygen atoms in total. The van der Waals surface area contributed by atoms with Gasteiger partial charge in [-0.3, -0.25) is 9.98 Å². The van der Waals surface area contributed by atoms with Crippen LogP contribution in [0.15, 0.2) is 58.5 Å². The van der Waals surface area contributed by atoms with Gasteiger partial charge in [0.05, 0.1) is 38.9 Å². The van der Waals surface area contributed by atoms with Crippen molar-refractivity contribution in [2.45, 2.75) is 232 Å². The third-order valence-corrected chi connectivity index (χ3v) is 24.7. The van der Waals surface area contributed by atoms with Crippen molar-refractivity contribution in [3.63, 3.8) is 0 Å². The second kappa shape index (κ2) is 29.5. The van der Waals surface area contributed by atoms with E-state index in [0.29, 0.717) is 0 Å². The first-order valence-electron chi connectivity index (χ1n) is 23.7. The van der Waals surface area contributed by atoms with Gasteiger partial charge in [0.2, 0.25) is 0 Å². The van der Waals surface area contributed by atoms with Crippen molar-refractivity contribution >= 4 is 38.9 Å². The molecule has 0 aliphatic rings. The lowest BCUT2D eigenvalue weighted by atomic mass is 10.00. The number of benzene rings is 2. The number of nitrogens with zero attached hydrogens (tertiary/aromatic N) is 2. The molecule has 0 unspecified atom stereocenters. The molecule has 2 aromatic carbocycles. The van der Waals surface area contributed by atoms with E-state index in [2.05, 4.69) is 104 Å². The summed E-state index contributed by atoms with van der Waals surface area (Å²) in [5.74, 6) is 0. The first kappa shape index (κ1) is 48.4. The predicted molar refractivity (Wildman–Crippen MR) is 253 cm³/mol. The summed E-state index contributed by atoms with van der Waals surface area (Å²) in [6.45, 7) is 19.1. The van der Waals surface area contributed by atoms with Crippen molar-refractivity contribution in [2.75, 3.05) is 0 Å². The van der Waals surface area contributed by atoms with E-state index >= 15 is 0 Å². The van der Waals surface area contributed by atoms with Crippen LogP contribution >= 0.6 is 0 Å². The van der Waals surface area contributed by atoms with Gasteiger partial charge >= 0.3 is 0 Å². The lowest BCUT2D eigenvalue weighted by Gasteiger charge is -2.28. The van der Waals surface area contributed by atoms with Crippen LogP contribution < -0.4 is 0 Å². The zero-order chi connectivity index (χ0) is 39.3. The summed E-state index contributed by atoms with van der Waals surface area (Å²) < 4.78 is 0. The van der Waals surface area contributed by atoms with Gasteiger partial charge in [-0.2, -0.15) is 0 Å². The van der Waals surface area contributed by atoms with Crippen LogP contribution in [0.4, 0.5) is 11.4 Å². The summed E-state index contributed by atoms with van der Waals surface area (Å²) in [5.41, 5.74) is 7.66. The van der Waals surface area contributed by atoms with Crippen LogP contribution in [0.25, 0.3) is 0 Å². The first-order valence-corrected chi connectivity index (χ1v) is 29.3. The molecule has 2 aromatic rings. The van der Waals surface area contributed by atoms with Crippen molar-refractivity contribution in [3.05, 3.63) is 59.7 Å². The van der Waals surface area contributed by atoms with Gasteiger partial charge in [0.25, 0.3) is 0 Å². The van der Waals surface area contributed by atoms with E-state index < -0.39 is 16.1 Å². The Morgan fingerprint density at radius 1 is 0.352 bits per heavy atom. The fourth-order valence-electron chi connectivity index (χ4n) is 8.54. The van der Waals surface area contributed by atoms with Gasteiger partial charge < -0.3 is 0 Å². The third kappa shape index (κ3) is 18.9. The van der Waals surface area contributed by atoms with Gasteiger partial charge in [-0.15, -0.1) is 0 Å². The maximum atomic E-state index is 5.44. The Hall–Kier alpha value is -1.79. The summed E-state index contributed by atoms with van der Waals surface area (Å²) in [7, 11) is -2.42. The fourth-order valence-corrected chi connectivity index (χ4v) is 15.2. The minimum absolute atomic E-state index is 1.01. The molecule has 54 heavy (non-hydrogen) atoms. The number of aliphatic imine (C=N–C) groups is 2. The maximum Gasteiger partial charge on any atom is 0.0633 e. The van der Waals surface area contributed by atoms with E-state index in [-0.39, 0.29) is 0 Å². The van der Waals surface area contributed by atoms with Crippen LogP contribution in [0.1, 0.15) is 195 Å². The van der Waals surface area contributed by atoms with Crippen molar-refractivity contribution in [2.24, 2.45) is 9.98 Å². The van der Waals surface area contributed by atoms with E-state index in [1.54, 1.807) is 0 Å². The molecule has 0 amide bonds. The Labute approximate surface area is 339 Å². The minimum Gasteiger partial charge on any atom is -0.252 e. The lowest BCUT2D eigenvalue weighted by Crippen LogP contribution is -2.34. The summed E-state index contributed by atoms with van der Waals surface area (Å²) in [5, 5.41) is 0. The molecule has 0 aromatic heterocycles. The molecule has 0 fully saturated rings. The normalized spacial score (nSPS) is 12.9. The largest absolute Gasteiger partial charge is 0.252 e. The highest BCUT2D eigenvalue weighted by Gasteiger charge is 2.27. The van der Waals surface area contributed by atoms with Gasteiger partial charge in [0.1, 0.15) is 0 Å². The van der Waals surface area contributed by atoms with E-state index in [4.69, 9.17) is 9.98 Å². The summed E-state index contributed by atoms with van der Waals surface area (Å²) >= 11 is 0. The van der Waals surface area contributed by atoms with E-state index in [1.165, 1.54) is 186 Å². The minimum atomic E-state index is -1.21. The van der Waals surface area contributed by atoms with Crippen LogP contribution in [0, 0.1) is 0 Å². The Balaban J connectivity index is 2.17. The Morgan fingerprint density at radius 2 is 0.611 bits per heavy atom. The number of unbranched alkanes of at least 4 members (excludes halogenated alkanes) is 16. The van der Waals surface area contributed by atoms with Gasteiger partial charge in [-0.25, -0.2) is 0 Å². The van der Waals surface area contributed by atoms with Crippen molar-refractivity contribution in [3.8, 4) is 0 Å². The molecule has 0 saturated carbocycles. The molecule has 306 valence electrons. The molecule has 0 radical (unpaired) electrons. The number of rotatable bonds is 33. The highest BCUT2D eigenvalue weighted by molar-refractivity contribution is 6.79. The summed E-state index contributed by atoms with van der Waals surface area (Å²) in [6.07, 6.45) is 26.6. The van der Waals surface area contributed by atoms with Gasteiger partial charge in [0.15, 0.2) is 0 Å². The maximum absolute atomic E-state index is 5.44. The van der Waals surface area contributed by atoms with Gasteiger partial charge in [-0.05, 0) is 62.0 Å². The molecule has 0 aliphatic carbocycles. The summed E-state index contributed by atoms with van der Waals surface area (Å²) in [6, 6.07) is 29.5. The standard InChI is InChI=1S/C50H88N2Si2/c1-9-17-19-20-21-22-23-24-25-26-27-28-29-30-32-34-50(52-48-41-37-46(38-42-48)44-54(14-6,15-7)16-8)49(33-31-18-10-2)51-47-39-35-45(36-40-47)43-53(11-3,12-4)13-5/h35-42H,9-34,43-44H2,1-8H3. The van der Waals surface area contributed by atoms with Crippen LogP contribution in [-0.2, 0) is 12.1 Å². The molecule has 0 N–H and O–H groups in total. The average molecular weight is 773 g/mol. The SMILES string of the molecule is CCCCCCCCCCCCCCCCCC(=Nc1ccc(C[Si](CC)(CC)CC)cc1)C(CCCCC)=Nc1ccc(C[Si](CC)(CC)CC)cc1. The fraction of sp³-hybridized carbons (Fsp3) is 0.720. The number of hydrogen-bond donors (Lipinski definition) is 0. The molecule has 0 saturated heterocycles. The highest BCUT2D eigenvalue weighted by atomic mass is 28.3. The molecule has 0 atom stereocenters. The van der Waals surface area contributed by atoms with Gasteiger partial charge in [0, 0.05) is 0 Å². The molecule has 0 bridgehead atoms. The Kier molecular flexibility index (Phi) is 26.4. The Morgan fingerprint density at radius 3 is 0.907 bits per heavy atom. The van der Waals surface area contributed by atoms with E-state index in [1.807, 2.05) is 0 Å². The molecule has 4 heteroatoms. The molecule has 0 aliphatic heterocycles. The van der Waals surface area contributed by atoms with E-state index in [0.717, 1.165) is 24.2 Å². The van der Waals surface area contributed by atoms with Crippen LogP contribution in [0.3, 0.4) is 0 Å². The van der Waals surface area contributed by atoms with Crippen molar-refractivity contribution in [1.29, 1.82) is 0 Å². The van der Waals surface area contributed by atoms with Crippen molar-refractivity contribution < 1.29 is 0 Å². The van der Waals surface area contributed by atoms with Crippen LogP contribution in [-0.4, -0.2) is 27.6 Å². The third-order valence-electron chi connectivity index (χ3n) is 13.4. The second-order valence-electron chi connectivity index (χ2n) is 17.1. The predicted octanol–water partition coefficient (Wildman–Crippen LogP) is 17.6. The zero-order valence-electron chi connectivity index (χ0n) is 37.3.